The van der Waals surface area contributed by atoms with Crippen LogP contribution in [0.3, 0.4) is 0 Å². The molecule has 0 saturated heterocycles. The van der Waals surface area contributed by atoms with Crippen LogP contribution in [0, 0.1) is 10.1 Å². The van der Waals surface area contributed by atoms with Crippen molar-refractivity contribution < 1.29 is 24.0 Å². The zero-order valence-electron chi connectivity index (χ0n) is 18.3. The highest BCUT2D eigenvalue weighted by Gasteiger charge is 2.28. The number of ether oxygens (including phenoxy) is 2. The second-order valence-corrected chi connectivity index (χ2v) is 7.60. The number of amides is 1. The summed E-state index contributed by atoms with van der Waals surface area (Å²) in [4.78, 5) is 44.7. The first-order chi connectivity index (χ1) is 16.7. The number of esters is 1. The molecule has 0 radical (unpaired) electrons. The first-order valence-corrected chi connectivity index (χ1v) is 10.5. The smallest absolute Gasteiger partial charge is 0.355 e. The largest absolute Gasteiger partial charge is 0.482 e. The molecule has 0 atom stereocenters. The third kappa shape index (κ3) is 6.05. The minimum atomic E-state index is -0.717. The summed E-state index contributed by atoms with van der Waals surface area (Å²) in [5.74, 6) is -1.50. The van der Waals surface area contributed by atoms with E-state index in [1.165, 1.54) is 37.3 Å². The van der Waals surface area contributed by atoms with Crippen LogP contribution in [0.2, 0.25) is 10.0 Å². The second-order valence-electron chi connectivity index (χ2n) is 6.76. The molecule has 0 bridgehead atoms. The number of benzene rings is 2. The molecule has 0 aliphatic rings. The highest BCUT2D eigenvalue weighted by Crippen LogP contribution is 2.36. The number of hydrazine groups is 1. The number of hydrogen-bond donors (Lipinski definition) is 2. The zero-order valence-corrected chi connectivity index (χ0v) is 19.8. The lowest BCUT2D eigenvalue weighted by molar-refractivity contribution is -0.383. The van der Waals surface area contributed by atoms with Gasteiger partial charge in [-0.05, 0) is 30.3 Å². The van der Waals surface area contributed by atoms with Crippen molar-refractivity contribution in [3.63, 3.8) is 0 Å². The number of rotatable bonds is 9. The van der Waals surface area contributed by atoms with Crippen LogP contribution in [-0.4, -0.2) is 47.5 Å². The number of methoxy groups -OCH3 is 1. The average Bonchev–Trinajstić information content (AvgIpc) is 2.85. The Hall–Kier alpha value is -4.16. The molecule has 182 valence electrons. The molecule has 1 amide bonds. The number of halogens is 2. The average molecular weight is 521 g/mol. The normalized spacial score (nSPS) is 10.3. The Morgan fingerprint density at radius 1 is 1.17 bits per heavy atom. The maximum absolute atomic E-state index is 12.2. The molecule has 1 aromatic heterocycles. The quantitative estimate of drug-likeness (QED) is 0.242. The van der Waals surface area contributed by atoms with Gasteiger partial charge in [0.1, 0.15) is 12.1 Å². The first-order valence-electron chi connectivity index (χ1n) is 9.76. The summed E-state index contributed by atoms with van der Waals surface area (Å²) in [5.41, 5.74) is 4.61. The van der Waals surface area contributed by atoms with Crippen LogP contribution in [-0.2, 0) is 9.53 Å². The summed E-state index contributed by atoms with van der Waals surface area (Å²) in [6.45, 7) is -0.452. The van der Waals surface area contributed by atoms with E-state index in [1.54, 1.807) is 24.3 Å². The van der Waals surface area contributed by atoms with Crippen molar-refractivity contribution >= 4 is 58.1 Å². The van der Waals surface area contributed by atoms with Crippen molar-refractivity contribution in [2.75, 3.05) is 31.1 Å². The number of nitrogens with one attached hydrogen (secondary N) is 2. The van der Waals surface area contributed by atoms with Gasteiger partial charge in [0.25, 0.3) is 5.91 Å². The van der Waals surface area contributed by atoms with Crippen LogP contribution >= 0.6 is 23.2 Å². The van der Waals surface area contributed by atoms with E-state index in [9.17, 15) is 19.7 Å². The van der Waals surface area contributed by atoms with Crippen molar-refractivity contribution in [2.45, 2.75) is 0 Å². The summed E-state index contributed by atoms with van der Waals surface area (Å²) in [6, 6.07) is 10.9. The van der Waals surface area contributed by atoms with E-state index in [0.717, 1.165) is 6.33 Å². The minimum Gasteiger partial charge on any atom is -0.482 e. The van der Waals surface area contributed by atoms with Gasteiger partial charge in [-0.15, -0.1) is 0 Å². The van der Waals surface area contributed by atoms with Crippen LogP contribution in [0.15, 0.2) is 48.8 Å². The van der Waals surface area contributed by atoms with Gasteiger partial charge < -0.3 is 14.4 Å². The fraction of sp³-hybridized carbons (Fsp3) is 0.143. The molecule has 2 aromatic carbocycles. The number of hydrogen-bond acceptors (Lipinski definition) is 10. The van der Waals surface area contributed by atoms with Crippen LogP contribution in [0.4, 0.5) is 23.0 Å². The Morgan fingerprint density at radius 3 is 2.60 bits per heavy atom. The third-order valence-electron chi connectivity index (χ3n) is 4.55. The van der Waals surface area contributed by atoms with Crippen LogP contribution in [0.5, 0.6) is 5.75 Å². The van der Waals surface area contributed by atoms with E-state index in [1.807, 2.05) is 0 Å². The lowest BCUT2D eigenvalue weighted by atomic mass is 10.1. The summed E-state index contributed by atoms with van der Waals surface area (Å²) >= 11 is 11.8. The summed E-state index contributed by atoms with van der Waals surface area (Å²) in [5, 5.41) is 12.5. The zero-order chi connectivity index (χ0) is 25.5. The van der Waals surface area contributed by atoms with Crippen LogP contribution in [0.1, 0.15) is 10.4 Å². The molecule has 14 heteroatoms. The van der Waals surface area contributed by atoms with E-state index < -0.39 is 29.1 Å². The second kappa shape index (κ2) is 11.3. The van der Waals surface area contributed by atoms with Crippen molar-refractivity contribution in [1.29, 1.82) is 0 Å². The van der Waals surface area contributed by atoms with Crippen molar-refractivity contribution in [3.05, 3.63) is 74.5 Å². The van der Waals surface area contributed by atoms with Gasteiger partial charge in [-0.3, -0.25) is 25.8 Å². The maximum Gasteiger partial charge on any atom is 0.355 e. The predicted octanol–water partition coefficient (Wildman–Crippen LogP) is 3.77. The van der Waals surface area contributed by atoms with Crippen molar-refractivity contribution in [2.24, 2.45) is 0 Å². The summed E-state index contributed by atoms with van der Waals surface area (Å²) in [6.07, 6.45) is 1.07. The number of anilines is 3. The van der Waals surface area contributed by atoms with Gasteiger partial charge in [-0.1, -0.05) is 35.3 Å². The van der Waals surface area contributed by atoms with Gasteiger partial charge in [0.2, 0.25) is 11.6 Å². The molecule has 0 unspecified atom stereocenters. The number of para-hydroxylation sites is 1. The van der Waals surface area contributed by atoms with Gasteiger partial charge in [-0.2, -0.15) is 0 Å². The van der Waals surface area contributed by atoms with E-state index in [-0.39, 0.29) is 28.0 Å². The van der Waals surface area contributed by atoms with Crippen molar-refractivity contribution in [1.82, 2.24) is 15.4 Å². The lowest BCUT2D eigenvalue weighted by Gasteiger charge is -2.21. The molecule has 0 spiro atoms. The predicted molar refractivity (Wildman–Crippen MR) is 128 cm³/mol. The Labute approximate surface area is 208 Å². The highest BCUT2D eigenvalue weighted by molar-refractivity contribution is 6.35. The molecule has 35 heavy (non-hydrogen) atoms. The molecule has 2 N–H and O–H groups in total. The molecular weight excluding hydrogens is 503 g/mol. The number of aromatic nitrogens is 2. The van der Waals surface area contributed by atoms with Gasteiger partial charge in [-0.25, -0.2) is 14.8 Å². The highest BCUT2D eigenvalue weighted by atomic mass is 35.5. The van der Waals surface area contributed by atoms with Gasteiger partial charge in [0.05, 0.1) is 28.3 Å². The van der Waals surface area contributed by atoms with Crippen LogP contribution < -0.4 is 20.5 Å². The molecule has 0 aliphatic carbocycles. The molecule has 1 heterocycles. The van der Waals surface area contributed by atoms with E-state index in [4.69, 9.17) is 32.7 Å². The first kappa shape index (κ1) is 25.5. The minimum absolute atomic E-state index is 0.137. The number of nitro groups is 1. The molecule has 3 rings (SSSR count). The summed E-state index contributed by atoms with van der Waals surface area (Å²) in [7, 11) is 2.71. The molecular formula is C21H18Cl2N6O6. The molecule has 0 aliphatic heterocycles. The number of nitrogens with zero attached hydrogens (tertiary/aromatic N) is 4. The summed E-state index contributed by atoms with van der Waals surface area (Å²) < 4.78 is 10.1. The Kier molecular flexibility index (Phi) is 8.23. The fourth-order valence-electron chi connectivity index (χ4n) is 2.94. The standard InChI is InChI=1S/C21H18Cl2N6O6/c1-28(15-6-4-3-5-13(15)21(31)34-2)20-18(29(32)33)19(24-11-25-20)27-26-17(30)10-35-16-8-7-12(22)9-14(16)23/h3-9,11H,10H2,1-2H3,(H,26,30)(H,24,25,27). The van der Waals surface area contributed by atoms with Gasteiger partial charge >= 0.3 is 11.7 Å². The van der Waals surface area contributed by atoms with Gasteiger partial charge in [0, 0.05) is 12.1 Å². The van der Waals surface area contributed by atoms with E-state index >= 15 is 0 Å². The Morgan fingerprint density at radius 2 is 1.91 bits per heavy atom. The van der Waals surface area contributed by atoms with Crippen LogP contribution in [0.25, 0.3) is 0 Å². The molecule has 3 aromatic rings. The molecule has 0 saturated carbocycles. The Bertz CT molecular complexity index is 1270. The monoisotopic (exact) mass is 520 g/mol. The molecule has 0 fully saturated rings. The topological polar surface area (TPSA) is 149 Å². The van der Waals surface area contributed by atoms with Gasteiger partial charge in [0.15, 0.2) is 6.61 Å². The SMILES string of the molecule is COC(=O)c1ccccc1N(C)c1ncnc(NNC(=O)COc2ccc(Cl)cc2Cl)c1[N+](=O)[O-]. The number of carbonyl (C=O) groups is 2. The third-order valence-corrected chi connectivity index (χ3v) is 5.08. The lowest BCUT2D eigenvalue weighted by Crippen LogP contribution is -2.34. The van der Waals surface area contributed by atoms with E-state index in [0.29, 0.717) is 10.7 Å². The Balaban J connectivity index is 1.79. The number of carbonyl (C=O) groups excluding carboxylic acids is 2. The van der Waals surface area contributed by atoms with E-state index in [2.05, 4.69) is 20.8 Å². The maximum atomic E-state index is 12.2. The fourth-order valence-corrected chi connectivity index (χ4v) is 3.40. The van der Waals surface area contributed by atoms with Crippen molar-refractivity contribution in [3.8, 4) is 5.75 Å². The molecule has 12 nitrogen and oxygen atoms in total.